The molecule has 0 unspecified atom stereocenters. The van der Waals surface area contributed by atoms with Gasteiger partial charge in [0.25, 0.3) is 0 Å². The number of anilines is 3. The van der Waals surface area contributed by atoms with Gasteiger partial charge in [0.1, 0.15) is 5.60 Å². The number of fused-ring (bicyclic) bond motifs is 1. The smallest absolute Gasteiger partial charge is 0.355 e. The molecule has 5 aromatic rings. The Morgan fingerprint density at radius 3 is 2.60 bits per heavy atom. The van der Waals surface area contributed by atoms with Crippen LogP contribution in [-0.4, -0.2) is 62.5 Å². The molecule has 4 N–H and O–H groups in total. The fraction of sp³-hybridized carbons (Fsp3) is 0.314. The van der Waals surface area contributed by atoms with E-state index in [1.54, 1.807) is 26.8 Å². The first-order chi connectivity index (χ1) is 23.9. The van der Waals surface area contributed by atoms with E-state index in [0.717, 1.165) is 20.9 Å². The summed E-state index contributed by atoms with van der Waals surface area (Å²) < 4.78 is 26.5. The SMILES string of the molecule is Cc1cc(CNc2nc(C(=O)O)c(CCCOc3ccc(C#CCNCC(=O)OC(C)(C)C)cc3F)s2)nnc1Nc1nc2ccccc2s1. The topological polar surface area (TPSA) is 160 Å². The number of carboxylic acid groups (broad SMARTS) is 1. The van der Waals surface area contributed by atoms with Gasteiger partial charge < -0.3 is 25.2 Å². The van der Waals surface area contributed by atoms with Gasteiger partial charge in [0.05, 0.1) is 42.2 Å². The lowest BCUT2D eigenvalue weighted by atomic mass is 10.2. The number of carboxylic acids is 1. The number of rotatable bonds is 14. The van der Waals surface area contributed by atoms with E-state index in [2.05, 4.69) is 48.0 Å². The molecule has 15 heteroatoms. The number of thiazole rings is 2. The highest BCUT2D eigenvalue weighted by Crippen LogP contribution is 2.29. The Morgan fingerprint density at radius 2 is 1.86 bits per heavy atom. The fourth-order valence-corrected chi connectivity index (χ4v) is 6.42. The second-order valence-electron chi connectivity index (χ2n) is 12.0. The van der Waals surface area contributed by atoms with Gasteiger partial charge in [-0.2, -0.15) is 5.10 Å². The molecule has 0 spiro atoms. The molecule has 260 valence electrons. The Kier molecular flexibility index (Phi) is 11.9. The molecule has 50 heavy (non-hydrogen) atoms. The van der Waals surface area contributed by atoms with E-state index in [0.29, 0.717) is 46.5 Å². The van der Waals surface area contributed by atoms with Gasteiger partial charge in [-0.1, -0.05) is 35.3 Å². The quantitative estimate of drug-likeness (QED) is 0.0575. The summed E-state index contributed by atoms with van der Waals surface area (Å²) in [5.41, 5.74) is 2.32. The maximum absolute atomic E-state index is 14.6. The summed E-state index contributed by atoms with van der Waals surface area (Å²) in [6.45, 7) is 8.03. The van der Waals surface area contributed by atoms with Crippen molar-refractivity contribution in [1.82, 2.24) is 25.5 Å². The predicted octanol–water partition coefficient (Wildman–Crippen LogP) is 6.34. The highest BCUT2D eigenvalue weighted by Gasteiger charge is 2.18. The van der Waals surface area contributed by atoms with E-state index in [1.807, 2.05) is 37.3 Å². The molecule has 0 saturated carbocycles. The van der Waals surface area contributed by atoms with Crippen molar-refractivity contribution in [3.63, 3.8) is 0 Å². The number of ether oxygens (including phenoxy) is 2. The summed E-state index contributed by atoms with van der Waals surface area (Å²) in [7, 11) is 0. The van der Waals surface area contributed by atoms with Crippen LogP contribution in [0.25, 0.3) is 10.2 Å². The first kappa shape index (κ1) is 36.1. The molecule has 0 aliphatic rings. The average molecular weight is 718 g/mol. The van der Waals surface area contributed by atoms with Crippen molar-refractivity contribution >= 4 is 60.9 Å². The van der Waals surface area contributed by atoms with Crippen molar-refractivity contribution in [3.8, 4) is 17.6 Å². The zero-order valence-electron chi connectivity index (χ0n) is 27.9. The number of hydrogen-bond donors (Lipinski definition) is 4. The van der Waals surface area contributed by atoms with E-state index in [1.165, 1.54) is 34.8 Å². The van der Waals surface area contributed by atoms with E-state index < -0.39 is 17.4 Å². The number of aryl methyl sites for hydroxylation is 2. The van der Waals surface area contributed by atoms with E-state index in [-0.39, 0.29) is 37.1 Å². The Labute approximate surface area is 296 Å². The molecule has 0 atom stereocenters. The molecule has 3 heterocycles. The van der Waals surface area contributed by atoms with Crippen molar-refractivity contribution in [2.75, 3.05) is 30.3 Å². The molecule has 0 saturated heterocycles. The van der Waals surface area contributed by atoms with E-state index >= 15 is 0 Å². The standard InChI is InChI=1S/C35H36FN7O5S2/c1-21-17-23(42-43-31(21)41-34-39-25-10-5-6-11-27(25)49-34)19-38-33-40-30(32(45)46)28(50-33)12-8-16-47-26-14-13-22(18-24(26)36)9-7-15-37-20-29(44)48-35(2,3)4/h5-6,10-11,13-14,17-18,37H,8,12,15-16,19-20H2,1-4H3,(H,38,40)(H,45,46)(H,39,41,43). The summed E-state index contributed by atoms with van der Waals surface area (Å²) in [5.74, 6) is 4.29. The van der Waals surface area contributed by atoms with Crippen LogP contribution in [0.5, 0.6) is 5.75 Å². The normalized spacial score (nSPS) is 11.1. The Morgan fingerprint density at radius 1 is 1.04 bits per heavy atom. The summed E-state index contributed by atoms with van der Waals surface area (Å²) in [6.07, 6.45) is 0.827. The minimum Gasteiger partial charge on any atom is -0.491 e. The van der Waals surface area contributed by atoms with Crippen LogP contribution in [-0.2, 0) is 22.5 Å². The molecule has 12 nitrogen and oxygen atoms in total. The number of halogens is 1. The molecule has 0 amide bonds. The summed E-state index contributed by atoms with van der Waals surface area (Å²) in [6, 6.07) is 14.2. The first-order valence-electron chi connectivity index (χ1n) is 15.7. The fourth-order valence-electron chi connectivity index (χ4n) is 4.57. The second kappa shape index (κ2) is 16.5. The van der Waals surface area contributed by atoms with Crippen LogP contribution in [0.2, 0.25) is 0 Å². The third kappa shape index (κ3) is 10.4. The summed E-state index contributed by atoms with van der Waals surface area (Å²) in [4.78, 5) is 33.0. The van der Waals surface area contributed by atoms with Crippen LogP contribution in [0.15, 0.2) is 48.5 Å². The highest BCUT2D eigenvalue weighted by molar-refractivity contribution is 7.22. The van der Waals surface area contributed by atoms with Crippen molar-refractivity contribution < 1.29 is 28.6 Å². The molecule has 5 rings (SSSR count). The third-order valence-corrected chi connectivity index (χ3v) is 8.77. The van der Waals surface area contributed by atoms with Gasteiger partial charge in [-0.3, -0.25) is 10.1 Å². The van der Waals surface area contributed by atoms with Gasteiger partial charge >= 0.3 is 11.9 Å². The van der Waals surface area contributed by atoms with Gasteiger partial charge in [0.2, 0.25) is 0 Å². The predicted molar refractivity (Wildman–Crippen MR) is 192 cm³/mol. The number of aromatic nitrogens is 4. The molecule has 0 bridgehead atoms. The maximum atomic E-state index is 14.6. The Bertz CT molecular complexity index is 2020. The Balaban J connectivity index is 1.08. The van der Waals surface area contributed by atoms with Crippen molar-refractivity contribution in [2.45, 2.75) is 52.7 Å². The zero-order chi connectivity index (χ0) is 35.7. The van der Waals surface area contributed by atoms with Crippen LogP contribution in [0.3, 0.4) is 0 Å². The lowest BCUT2D eigenvalue weighted by Crippen LogP contribution is -2.31. The molecule has 0 fully saturated rings. The number of para-hydroxylation sites is 1. The number of nitrogens with zero attached hydrogens (tertiary/aromatic N) is 4. The molecule has 3 aromatic heterocycles. The number of carbonyl (C=O) groups is 2. The number of carbonyl (C=O) groups excluding carboxylic acids is 1. The van der Waals surface area contributed by atoms with Crippen LogP contribution in [0, 0.1) is 24.6 Å². The molecule has 0 radical (unpaired) electrons. The average Bonchev–Trinajstić information content (AvgIpc) is 3.67. The van der Waals surface area contributed by atoms with Crippen LogP contribution in [0.1, 0.15) is 59.4 Å². The maximum Gasteiger partial charge on any atom is 0.355 e. The molecular formula is C35H36FN7O5S2. The second-order valence-corrected chi connectivity index (χ2v) is 14.1. The van der Waals surface area contributed by atoms with Crippen molar-refractivity contribution in [1.29, 1.82) is 0 Å². The molecule has 0 aliphatic heterocycles. The molecule has 2 aromatic carbocycles. The van der Waals surface area contributed by atoms with Gasteiger partial charge in [-0.05, 0) is 82.5 Å². The van der Waals surface area contributed by atoms with Crippen LogP contribution in [0.4, 0.5) is 20.5 Å². The van der Waals surface area contributed by atoms with E-state index in [9.17, 15) is 19.1 Å². The third-order valence-electron chi connectivity index (χ3n) is 6.75. The molecular weight excluding hydrogens is 682 g/mol. The minimum atomic E-state index is -1.13. The number of aromatic carboxylic acids is 1. The van der Waals surface area contributed by atoms with Crippen LogP contribution < -0.4 is 20.7 Å². The number of esters is 1. The van der Waals surface area contributed by atoms with Gasteiger partial charge in [-0.25, -0.2) is 19.2 Å². The number of hydrogen-bond acceptors (Lipinski definition) is 13. The number of nitrogens with one attached hydrogen (secondary N) is 3. The van der Waals surface area contributed by atoms with Gasteiger partial charge in [-0.15, -0.1) is 16.4 Å². The first-order valence-corrected chi connectivity index (χ1v) is 17.3. The van der Waals surface area contributed by atoms with Crippen molar-refractivity contribution in [3.05, 3.63) is 81.7 Å². The van der Waals surface area contributed by atoms with Gasteiger partial charge in [0, 0.05) is 10.4 Å². The highest BCUT2D eigenvalue weighted by atomic mass is 32.1. The Hall–Kier alpha value is -5.17. The van der Waals surface area contributed by atoms with E-state index in [4.69, 9.17) is 9.47 Å². The number of benzene rings is 2. The monoisotopic (exact) mass is 717 g/mol. The minimum absolute atomic E-state index is 0.0232. The molecule has 0 aliphatic carbocycles. The van der Waals surface area contributed by atoms with Crippen molar-refractivity contribution in [2.24, 2.45) is 0 Å². The van der Waals surface area contributed by atoms with Gasteiger partial charge in [0.15, 0.2) is 33.3 Å². The lowest BCUT2D eigenvalue weighted by Gasteiger charge is -2.19. The summed E-state index contributed by atoms with van der Waals surface area (Å²) in [5, 5.41) is 28.8. The lowest BCUT2D eigenvalue weighted by molar-refractivity contribution is -0.153. The largest absolute Gasteiger partial charge is 0.491 e. The zero-order valence-corrected chi connectivity index (χ0v) is 29.6. The summed E-state index contributed by atoms with van der Waals surface area (Å²) >= 11 is 2.77. The van der Waals surface area contributed by atoms with Crippen LogP contribution >= 0.6 is 22.7 Å².